The molecule has 3 nitrogen and oxygen atoms in total. The molecule has 0 unspecified atom stereocenters. The van der Waals surface area contributed by atoms with Gasteiger partial charge >= 0.3 is 0 Å². The van der Waals surface area contributed by atoms with Gasteiger partial charge in [-0.05, 0) is 43.5 Å². The van der Waals surface area contributed by atoms with Gasteiger partial charge < -0.3 is 10.2 Å². The molecule has 1 aromatic carbocycles. The predicted octanol–water partition coefficient (Wildman–Crippen LogP) is 3.26. The third kappa shape index (κ3) is 6.06. The summed E-state index contributed by atoms with van der Waals surface area (Å²) in [5, 5.41) is 4.13. The van der Waals surface area contributed by atoms with E-state index in [4.69, 9.17) is 11.6 Å². The Labute approximate surface area is 132 Å². The molecule has 0 aromatic heterocycles. The highest BCUT2D eigenvalue weighted by molar-refractivity contribution is 6.30. The number of benzene rings is 1. The van der Waals surface area contributed by atoms with Crippen LogP contribution in [0.4, 0.5) is 0 Å². The van der Waals surface area contributed by atoms with E-state index in [0.29, 0.717) is 12.3 Å². The lowest BCUT2D eigenvalue weighted by atomic mass is 10.1. The van der Waals surface area contributed by atoms with Crippen LogP contribution >= 0.6 is 11.6 Å². The first-order valence-corrected chi connectivity index (χ1v) is 8.36. The summed E-state index contributed by atoms with van der Waals surface area (Å²) in [6.45, 7) is 3.56. The second kappa shape index (κ2) is 9.06. The van der Waals surface area contributed by atoms with Crippen molar-refractivity contribution < 1.29 is 4.79 Å². The number of hydrogen-bond acceptors (Lipinski definition) is 2. The van der Waals surface area contributed by atoms with E-state index in [2.05, 4.69) is 5.32 Å². The fourth-order valence-electron chi connectivity index (χ4n) is 2.68. The summed E-state index contributed by atoms with van der Waals surface area (Å²) in [5.41, 5.74) is 1.27. The van der Waals surface area contributed by atoms with Crippen LogP contribution in [-0.2, 0) is 11.2 Å². The van der Waals surface area contributed by atoms with Crippen molar-refractivity contribution in [2.45, 2.75) is 38.5 Å². The quantitative estimate of drug-likeness (QED) is 0.818. The normalized spacial score (nSPS) is 15.8. The average molecular weight is 309 g/mol. The van der Waals surface area contributed by atoms with Crippen LogP contribution in [0.1, 0.15) is 37.7 Å². The Hall–Kier alpha value is -1.06. The summed E-state index contributed by atoms with van der Waals surface area (Å²) in [7, 11) is 0. The molecular weight excluding hydrogens is 284 g/mol. The Morgan fingerprint density at radius 3 is 2.38 bits per heavy atom. The van der Waals surface area contributed by atoms with Crippen molar-refractivity contribution in [3.05, 3.63) is 34.9 Å². The molecule has 1 aliphatic rings. The fraction of sp³-hybridized carbons (Fsp3) is 0.588. The number of hydrogen-bond donors (Lipinski definition) is 1. The lowest BCUT2D eigenvalue weighted by Crippen LogP contribution is -2.34. The van der Waals surface area contributed by atoms with Crippen molar-refractivity contribution >= 4 is 17.5 Å². The number of halogens is 1. The van der Waals surface area contributed by atoms with Crippen molar-refractivity contribution in [1.29, 1.82) is 0 Å². The number of amides is 1. The van der Waals surface area contributed by atoms with Crippen LogP contribution < -0.4 is 5.32 Å². The second-order valence-corrected chi connectivity index (χ2v) is 6.11. The minimum absolute atomic E-state index is 0.302. The predicted molar refractivity (Wildman–Crippen MR) is 87.7 cm³/mol. The maximum Gasteiger partial charge on any atom is 0.223 e. The molecule has 1 amide bonds. The summed E-state index contributed by atoms with van der Waals surface area (Å²) in [4.78, 5) is 14.1. The molecule has 0 aliphatic carbocycles. The highest BCUT2D eigenvalue weighted by atomic mass is 35.5. The molecule has 1 fully saturated rings. The van der Waals surface area contributed by atoms with Gasteiger partial charge in [-0.25, -0.2) is 0 Å². The maximum absolute atomic E-state index is 12.1. The molecule has 0 spiro atoms. The Balaban J connectivity index is 1.58. The summed E-state index contributed by atoms with van der Waals surface area (Å²) >= 11 is 5.86. The molecule has 1 saturated heterocycles. The molecule has 21 heavy (non-hydrogen) atoms. The van der Waals surface area contributed by atoms with Gasteiger partial charge in [-0.15, -0.1) is 0 Å². The van der Waals surface area contributed by atoms with Crippen molar-refractivity contribution in [3.63, 3.8) is 0 Å². The van der Waals surface area contributed by atoms with E-state index >= 15 is 0 Å². The van der Waals surface area contributed by atoms with Crippen molar-refractivity contribution in [1.82, 2.24) is 10.2 Å². The highest BCUT2D eigenvalue weighted by Crippen LogP contribution is 2.11. The average Bonchev–Trinajstić information content (AvgIpc) is 2.78. The molecule has 116 valence electrons. The first-order chi connectivity index (χ1) is 10.3. The number of carbonyl (C=O) groups excluding carboxylic acids is 1. The second-order valence-electron chi connectivity index (χ2n) is 5.67. The summed E-state index contributed by atoms with van der Waals surface area (Å²) in [5.74, 6) is 0.302. The van der Waals surface area contributed by atoms with Crippen LogP contribution in [0.5, 0.6) is 0 Å². The third-order valence-corrected chi connectivity index (χ3v) is 4.23. The van der Waals surface area contributed by atoms with Gasteiger partial charge in [0.25, 0.3) is 0 Å². The van der Waals surface area contributed by atoms with E-state index in [9.17, 15) is 4.79 Å². The van der Waals surface area contributed by atoms with Gasteiger partial charge in [0.15, 0.2) is 0 Å². The number of carbonyl (C=O) groups is 1. The standard InChI is InChI=1S/C17H25ClN2O/c18-16-7-5-15(6-8-16)9-11-19-12-10-17(21)20-13-3-1-2-4-14-20/h5-8,19H,1-4,9-14H2. The van der Waals surface area contributed by atoms with Gasteiger partial charge in [0.1, 0.15) is 0 Å². The number of rotatable bonds is 6. The van der Waals surface area contributed by atoms with Crippen molar-refractivity contribution in [2.24, 2.45) is 0 Å². The SMILES string of the molecule is O=C(CCNCCc1ccc(Cl)cc1)N1CCCCCC1. The fourth-order valence-corrected chi connectivity index (χ4v) is 2.81. The molecule has 4 heteroatoms. The first-order valence-electron chi connectivity index (χ1n) is 7.98. The molecule has 1 aliphatic heterocycles. The third-order valence-electron chi connectivity index (χ3n) is 3.98. The Morgan fingerprint density at radius 2 is 1.71 bits per heavy atom. The van der Waals surface area contributed by atoms with Crippen molar-refractivity contribution in [3.8, 4) is 0 Å². The van der Waals surface area contributed by atoms with Gasteiger partial charge in [0.05, 0.1) is 0 Å². The van der Waals surface area contributed by atoms with Crippen LogP contribution in [0.25, 0.3) is 0 Å². The monoisotopic (exact) mass is 308 g/mol. The lowest BCUT2D eigenvalue weighted by Gasteiger charge is -2.20. The van der Waals surface area contributed by atoms with E-state index in [1.807, 2.05) is 29.2 Å². The van der Waals surface area contributed by atoms with Crippen LogP contribution in [0.3, 0.4) is 0 Å². The van der Waals surface area contributed by atoms with Crippen molar-refractivity contribution in [2.75, 3.05) is 26.2 Å². The van der Waals surface area contributed by atoms with Crippen LogP contribution in [0, 0.1) is 0 Å². The Kier molecular flexibility index (Phi) is 7.04. The maximum atomic E-state index is 12.1. The molecule has 1 N–H and O–H groups in total. The lowest BCUT2D eigenvalue weighted by molar-refractivity contribution is -0.131. The zero-order valence-corrected chi connectivity index (χ0v) is 13.4. The number of nitrogens with one attached hydrogen (secondary N) is 1. The summed E-state index contributed by atoms with van der Waals surface area (Å²) < 4.78 is 0. The van der Waals surface area contributed by atoms with Gasteiger partial charge in [0.2, 0.25) is 5.91 Å². The van der Waals surface area contributed by atoms with E-state index in [1.165, 1.54) is 18.4 Å². The number of likely N-dealkylation sites (tertiary alicyclic amines) is 1. The van der Waals surface area contributed by atoms with E-state index in [-0.39, 0.29) is 0 Å². The molecule has 0 bridgehead atoms. The molecule has 1 heterocycles. The smallest absolute Gasteiger partial charge is 0.223 e. The molecule has 0 saturated carbocycles. The minimum atomic E-state index is 0.302. The Bertz CT molecular complexity index is 425. The van der Waals surface area contributed by atoms with Crippen LogP contribution in [0.2, 0.25) is 5.02 Å². The molecule has 2 rings (SSSR count). The van der Waals surface area contributed by atoms with Crippen LogP contribution in [-0.4, -0.2) is 37.0 Å². The topological polar surface area (TPSA) is 32.3 Å². The summed E-state index contributed by atoms with van der Waals surface area (Å²) in [6.07, 6.45) is 6.44. The van der Waals surface area contributed by atoms with Gasteiger partial charge in [0, 0.05) is 31.1 Å². The molecule has 0 atom stereocenters. The molecule has 1 aromatic rings. The van der Waals surface area contributed by atoms with E-state index < -0.39 is 0 Å². The minimum Gasteiger partial charge on any atom is -0.343 e. The largest absolute Gasteiger partial charge is 0.343 e. The van der Waals surface area contributed by atoms with Crippen LogP contribution in [0.15, 0.2) is 24.3 Å². The number of nitrogens with zero attached hydrogens (tertiary/aromatic N) is 1. The van der Waals surface area contributed by atoms with E-state index in [0.717, 1.165) is 50.5 Å². The van der Waals surface area contributed by atoms with Gasteiger partial charge in [-0.1, -0.05) is 36.6 Å². The zero-order chi connectivity index (χ0) is 14.9. The van der Waals surface area contributed by atoms with Gasteiger partial charge in [-0.3, -0.25) is 4.79 Å². The highest BCUT2D eigenvalue weighted by Gasteiger charge is 2.14. The van der Waals surface area contributed by atoms with Gasteiger partial charge in [-0.2, -0.15) is 0 Å². The summed E-state index contributed by atoms with van der Waals surface area (Å²) in [6, 6.07) is 7.93. The zero-order valence-electron chi connectivity index (χ0n) is 12.6. The molecule has 0 radical (unpaired) electrons. The van der Waals surface area contributed by atoms with E-state index in [1.54, 1.807) is 0 Å². The Morgan fingerprint density at radius 1 is 1.05 bits per heavy atom. The first kappa shape index (κ1) is 16.3. The molecular formula is C17H25ClN2O.